The first kappa shape index (κ1) is 15.2. The minimum atomic E-state index is -3.65. The third kappa shape index (κ3) is 2.48. The van der Waals surface area contributed by atoms with Gasteiger partial charge in [-0.15, -0.1) is 0 Å². The Morgan fingerprint density at radius 3 is 2.29 bits per heavy atom. The van der Waals surface area contributed by atoms with E-state index in [-0.39, 0.29) is 0 Å². The third-order valence-electron chi connectivity index (χ3n) is 4.37. The Morgan fingerprint density at radius 2 is 1.54 bits per heavy atom. The molecular formula is C18H19N3O2S. The van der Waals surface area contributed by atoms with E-state index in [2.05, 4.69) is 10.2 Å². The van der Waals surface area contributed by atoms with E-state index in [1.165, 1.54) is 3.97 Å². The number of piperazine rings is 1. The Labute approximate surface area is 141 Å². The molecule has 1 aliphatic heterocycles. The normalized spacial score (nSPS) is 15.8. The van der Waals surface area contributed by atoms with Crippen LogP contribution in [0, 0.1) is 0 Å². The van der Waals surface area contributed by atoms with Gasteiger partial charge < -0.3 is 10.2 Å². The molecule has 0 aliphatic carbocycles. The first-order valence-electron chi connectivity index (χ1n) is 8.05. The third-order valence-corrected chi connectivity index (χ3v) is 6.10. The maximum atomic E-state index is 13.3. The molecule has 2 aromatic carbocycles. The van der Waals surface area contributed by atoms with Crippen molar-refractivity contribution in [3.8, 4) is 0 Å². The molecule has 1 aliphatic rings. The standard InChI is InChI=1S/C18H19N3O2S/c22-24(23,16-7-2-1-3-8-16)21-17-9-5-4-6-15(17)14-18(21)20-12-10-19-11-13-20/h1-9,14,19H,10-13H2. The van der Waals surface area contributed by atoms with Crippen LogP contribution in [0.3, 0.4) is 0 Å². The number of rotatable bonds is 3. The molecule has 4 rings (SSSR count). The summed E-state index contributed by atoms with van der Waals surface area (Å²) in [5, 5.41) is 4.24. The summed E-state index contributed by atoms with van der Waals surface area (Å²) in [6, 6.07) is 18.2. The fourth-order valence-electron chi connectivity index (χ4n) is 3.18. The Bertz CT molecular complexity index is 958. The number of para-hydroxylation sites is 1. The van der Waals surface area contributed by atoms with Crippen molar-refractivity contribution in [1.82, 2.24) is 9.29 Å². The van der Waals surface area contributed by atoms with Gasteiger partial charge in [-0.05, 0) is 24.3 Å². The summed E-state index contributed by atoms with van der Waals surface area (Å²) in [6.45, 7) is 3.29. The molecule has 1 fully saturated rings. The monoisotopic (exact) mass is 341 g/mol. The average molecular weight is 341 g/mol. The largest absolute Gasteiger partial charge is 0.355 e. The number of aromatic nitrogens is 1. The second-order valence-corrected chi connectivity index (χ2v) is 7.67. The summed E-state index contributed by atoms with van der Waals surface area (Å²) in [7, 11) is -3.65. The molecule has 0 bridgehead atoms. The van der Waals surface area contributed by atoms with Crippen LogP contribution in [0.1, 0.15) is 0 Å². The molecule has 124 valence electrons. The highest BCUT2D eigenvalue weighted by Crippen LogP contribution is 2.31. The summed E-state index contributed by atoms with van der Waals surface area (Å²) in [6.07, 6.45) is 0. The van der Waals surface area contributed by atoms with Gasteiger partial charge in [0.25, 0.3) is 10.0 Å². The van der Waals surface area contributed by atoms with Gasteiger partial charge in [0.05, 0.1) is 10.4 Å². The van der Waals surface area contributed by atoms with E-state index in [9.17, 15) is 8.42 Å². The lowest BCUT2D eigenvalue weighted by molar-refractivity contribution is 0.573. The van der Waals surface area contributed by atoms with E-state index in [1.807, 2.05) is 36.4 Å². The van der Waals surface area contributed by atoms with Crippen LogP contribution in [0.2, 0.25) is 0 Å². The molecule has 24 heavy (non-hydrogen) atoms. The van der Waals surface area contributed by atoms with Gasteiger partial charge in [-0.25, -0.2) is 12.4 Å². The predicted octanol–water partition coefficient (Wildman–Crippen LogP) is 2.29. The summed E-state index contributed by atoms with van der Waals surface area (Å²) < 4.78 is 28.1. The number of anilines is 1. The lowest BCUT2D eigenvalue weighted by Gasteiger charge is -2.30. The molecule has 1 N–H and O–H groups in total. The minimum Gasteiger partial charge on any atom is -0.355 e. The van der Waals surface area contributed by atoms with Gasteiger partial charge in [0.15, 0.2) is 0 Å². The van der Waals surface area contributed by atoms with Crippen LogP contribution in [-0.4, -0.2) is 38.6 Å². The summed E-state index contributed by atoms with van der Waals surface area (Å²) in [5.41, 5.74) is 0.717. The van der Waals surface area contributed by atoms with Crippen molar-refractivity contribution in [2.24, 2.45) is 0 Å². The van der Waals surface area contributed by atoms with Crippen LogP contribution in [0.25, 0.3) is 10.9 Å². The van der Waals surface area contributed by atoms with Crippen molar-refractivity contribution in [3.05, 3.63) is 60.7 Å². The fourth-order valence-corrected chi connectivity index (χ4v) is 4.73. The molecular weight excluding hydrogens is 322 g/mol. The van der Waals surface area contributed by atoms with E-state index in [0.29, 0.717) is 4.90 Å². The molecule has 0 saturated carbocycles. The van der Waals surface area contributed by atoms with Crippen LogP contribution in [0.5, 0.6) is 0 Å². The SMILES string of the molecule is O=S(=O)(c1ccccc1)n1c(N2CCNCC2)cc2ccccc21. The Morgan fingerprint density at radius 1 is 0.875 bits per heavy atom. The summed E-state index contributed by atoms with van der Waals surface area (Å²) >= 11 is 0. The molecule has 0 atom stereocenters. The van der Waals surface area contributed by atoms with Gasteiger partial charge >= 0.3 is 0 Å². The number of benzene rings is 2. The number of hydrogen-bond acceptors (Lipinski definition) is 4. The number of nitrogens with one attached hydrogen (secondary N) is 1. The van der Waals surface area contributed by atoms with Gasteiger partial charge in [-0.1, -0.05) is 36.4 Å². The Hall–Kier alpha value is -2.31. The molecule has 0 amide bonds. The van der Waals surface area contributed by atoms with Crippen LogP contribution in [0.4, 0.5) is 5.82 Å². The average Bonchev–Trinajstić information content (AvgIpc) is 3.03. The molecule has 3 aromatic rings. The molecule has 2 heterocycles. The second-order valence-electron chi connectivity index (χ2n) is 5.88. The molecule has 5 nitrogen and oxygen atoms in total. The Balaban J connectivity index is 1.96. The lowest BCUT2D eigenvalue weighted by Crippen LogP contribution is -2.44. The highest BCUT2D eigenvalue weighted by atomic mass is 32.2. The van der Waals surface area contributed by atoms with Gasteiger partial charge in [-0.2, -0.15) is 0 Å². The van der Waals surface area contributed by atoms with E-state index < -0.39 is 10.0 Å². The fraction of sp³-hybridized carbons (Fsp3) is 0.222. The zero-order chi connectivity index (χ0) is 16.6. The highest BCUT2D eigenvalue weighted by molar-refractivity contribution is 7.90. The van der Waals surface area contributed by atoms with Crippen LogP contribution in [-0.2, 0) is 10.0 Å². The molecule has 1 aromatic heterocycles. The van der Waals surface area contributed by atoms with Crippen molar-refractivity contribution >= 4 is 26.7 Å². The summed E-state index contributed by atoms with van der Waals surface area (Å²) in [4.78, 5) is 2.44. The van der Waals surface area contributed by atoms with Gasteiger partial charge in [0.1, 0.15) is 5.82 Å². The van der Waals surface area contributed by atoms with Crippen LogP contribution < -0.4 is 10.2 Å². The number of fused-ring (bicyclic) bond motifs is 1. The second kappa shape index (κ2) is 5.96. The molecule has 0 spiro atoms. The smallest absolute Gasteiger partial charge is 0.269 e. The first-order valence-corrected chi connectivity index (χ1v) is 9.49. The van der Waals surface area contributed by atoms with E-state index in [1.54, 1.807) is 24.3 Å². The van der Waals surface area contributed by atoms with Crippen molar-refractivity contribution < 1.29 is 8.42 Å². The van der Waals surface area contributed by atoms with Crippen LogP contribution in [0.15, 0.2) is 65.6 Å². The molecule has 6 heteroatoms. The zero-order valence-corrected chi connectivity index (χ0v) is 14.0. The highest BCUT2D eigenvalue weighted by Gasteiger charge is 2.26. The van der Waals surface area contributed by atoms with Gasteiger partial charge in [0, 0.05) is 31.6 Å². The molecule has 0 unspecified atom stereocenters. The van der Waals surface area contributed by atoms with Crippen molar-refractivity contribution in [3.63, 3.8) is 0 Å². The number of hydrogen-bond donors (Lipinski definition) is 1. The topological polar surface area (TPSA) is 54.3 Å². The van der Waals surface area contributed by atoms with Crippen molar-refractivity contribution in [1.29, 1.82) is 0 Å². The predicted molar refractivity (Wildman–Crippen MR) is 96.0 cm³/mol. The van der Waals surface area contributed by atoms with E-state index in [4.69, 9.17) is 0 Å². The van der Waals surface area contributed by atoms with E-state index in [0.717, 1.165) is 42.9 Å². The minimum absolute atomic E-state index is 0.308. The number of nitrogens with zero attached hydrogens (tertiary/aromatic N) is 2. The zero-order valence-electron chi connectivity index (χ0n) is 13.2. The maximum Gasteiger partial charge on any atom is 0.269 e. The van der Waals surface area contributed by atoms with Gasteiger partial charge in [0.2, 0.25) is 0 Å². The van der Waals surface area contributed by atoms with Crippen molar-refractivity contribution in [2.45, 2.75) is 4.90 Å². The molecule has 1 saturated heterocycles. The Kier molecular flexibility index (Phi) is 3.78. The lowest BCUT2D eigenvalue weighted by atomic mass is 10.2. The quantitative estimate of drug-likeness (QED) is 0.794. The molecule has 0 radical (unpaired) electrons. The maximum absolute atomic E-state index is 13.3. The van der Waals surface area contributed by atoms with Crippen LogP contribution >= 0.6 is 0 Å². The van der Waals surface area contributed by atoms with E-state index >= 15 is 0 Å². The first-order chi connectivity index (χ1) is 11.7. The van der Waals surface area contributed by atoms with Gasteiger partial charge in [-0.3, -0.25) is 0 Å². The summed E-state index contributed by atoms with van der Waals surface area (Å²) in [5.74, 6) is 0.738. The van der Waals surface area contributed by atoms with Crippen molar-refractivity contribution in [2.75, 3.05) is 31.1 Å².